The van der Waals surface area contributed by atoms with E-state index in [1.165, 1.54) is 0 Å². The first-order chi connectivity index (χ1) is 5.86. The topological polar surface area (TPSA) is 41.6 Å². The van der Waals surface area contributed by atoms with Crippen LogP contribution in [0.1, 0.15) is 0 Å². The summed E-state index contributed by atoms with van der Waals surface area (Å²) in [4.78, 5) is 10.9. The van der Waals surface area contributed by atoms with Gasteiger partial charge in [-0.05, 0) is 23.7 Å². The fourth-order valence-corrected chi connectivity index (χ4v) is 1.10. The van der Waals surface area contributed by atoms with Crippen molar-refractivity contribution in [2.75, 3.05) is 0 Å². The third-order valence-electron chi connectivity index (χ3n) is 1.49. The van der Waals surface area contributed by atoms with Crippen molar-refractivity contribution in [2.45, 2.75) is 0 Å². The average Bonchev–Trinajstić information content (AvgIpc) is 2.54. The van der Waals surface area contributed by atoms with Crippen LogP contribution in [0, 0.1) is 0 Å². The zero-order chi connectivity index (χ0) is 8.39. The zero-order valence-corrected chi connectivity index (χ0v) is 6.92. The number of hydrogen-bond donors (Lipinski definition) is 1. The van der Waals surface area contributed by atoms with Crippen LogP contribution in [0.3, 0.4) is 0 Å². The van der Waals surface area contributed by atoms with E-state index in [1.54, 1.807) is 12.4 Å². The van der Waals surface area contributed by atoms with Crippen molar-refractivity contribution < 1.29 is 0 Å². The quantitative estimate of drug-likeness (QED) is 0.729. The van der Waals surface area contributed by atoms with Crippen molar-refractivity contribution in [1.82, 2.24) is 15.0 Å². The molecular weight excluding hydrogens is 174 g/mol. The van der Waals surface area contributed by atoms with Crippen LogP contribution in [0.15, 0.2) is 30.6 Å². The van der Waals surface area contributed by atoms with Crippen LogP contribution >= 0.6 is 11.6 Å². The Morgan fingerprint density at radius 1 is 1.25 bits per heavy atom. The number of imidazole rings is 1. The van der Waals surface area contributed by atoms with Crippen molar-refractivity contribution in [3.05, 3.63) is 35.9 Å². The van der Waals surface area contributed by atoms with Gasteiger partial charge < -0.3 is 4.98 Å². The lowest BCUT2D eigenvalue weighted by Gasteiger charge is -1.92. The normalized spacial score (nSPS) is 10.1. The van der Waals surface area contributed by atoms with Crippen LogP contribution in [0.25, 0.3) is 11.4 Å². The number of halogens is 1. The molecule has 12 heavy (non-hydrogen) atoms. The molecule has 0 aliphatic heterocycles. The maximum Gasteiger partial charge on any atom is 0.200 e. The minimum absolute atomic E-state index is 0.385. The molecule has 4 heteroatoms. The molecular formula is C8H6ClN3. The van der Waals surface area contributed by atoms with E-state index in [2.05, 4.69) is 15.0 Å². The first-order valence-corrected chi connectivity index (χ1v) is 3.86. The Labute approximate surface area is 74.4 Å². The lowest BCUT2D eigenvalue weighted by molar-refractivity contribution is 1.27. The molecule has 0 aromatic carbocycles. The van der Waals surface area contributed by atoms with Gasteiger partial charge in [-0.15, -0.1) is 0 Å². The number of H-pyrrole nitrogens is 1. The van der Waals surface area contributed by atoms with Gasteiger partial charge in [0.1, 0.15) is 0 Å². The summed E-state index contributed by atoms with van der Waals surface area (Å²) in [5, 5.41) is 0.385. The molecule has 0 bridgehead atoms. The molecule has 0 fully saturated rings. The highest BCUT2D eigenvalue weighted by Crippen LogP contribution is 2.14. The van der Waals surface area contributed by atoms with Crippen molar-refractivity contribution >= 4 is 11.6 Å². The number of aromatic nitrogens is 3. The van der Waals surface area contributed by atoms with Gasteiger partial charge in [0.15, 0.2) is 0 Å². The zero-order valence-electron chi connectivity index (χ0n) is 6.16. The molecule has 2 rings (SSSR count). The molecule has 0 saturated heterocycles. The van der Waals surface area contributed by atoms with E-state index >= 15 is 0 Å². The molecule has 0 atom stereocenters. The molecule has 2 heterocycles. The van der Waals surface area contributed by atoms with Gasteiger partial charge in [-0.1, -0.05) is 6.07 Å². The molecule has 60 valence electrons. The lowest BCUT2D eigenvalue weighted by Crippen LogP contribution is -1.80. The Hall–Kier alpha value is -1.35. The molecule has 0 aliphatic carbocycles. The minimum atomic E-state index is 0.385. The Morgan fingerprint density at radius 3 is 2.75 bits per heavy atom. The van der Waals surface area contributed by atoms with E-state index in [1.807, 2.05) is 18.2 Å². The SMILES string of the molecule is Clc1ncc(-c2ccccn2)[nH]1. The van der Waals surface area contributed by atoms with E-state index in [9.17, 15) is 0 Å². The van der Waals surface area contributed by atoms with Gasteiger partial charge in [0, 0.05) is 6.20 Å². The van der Waals surface area contributed by atoms with Crippen LogP contribution in [-0.4, -0.2) is 15.0 Å². The molecule has 0 amide bonds. The Morgan fingerprint density at radius 2 is 2.17 bits per heavy atom. The van der Waals surface area contributed by atoms with Crippen molar-refractivity contribution in [2.24, 2.45) is 0 Å². The summed E-state index contributed by atoms with van der Waals surface area (Å²) in [7, 11) is 0. The summed E-state index contributed by atoms with van der Waals surface area (Å²) in [6.45, 7) is 0. The molecule has 0 saturated carbocycles. The number of aromatic amines is 1. The monoisotopic (exact) mass is 179 g/mol. The second kappa shape index (κ2) is 2.95. The Bertz CT molecular complexity index is 369. The number of pyridine rings is 1. The second-order valence-corrected chi connectivity index (χ2v) is 2.66. The second-order valence-electron chi connectivity index (χ2n) is 2.30. The summed E-state index contributed by atoms with van der Waals surface area (Å²) < 4.78 is 0. The first kappa shape index (κ1) is 7.31. The van der Waals surface area contributed by atoms with E-state index in [4.69, 9.17) is 11.6 Å². The molecule has 0 spiro atoms. The van der Waals surface area contributed by atoms with Crippen molar-refractivity contribution in [3.8, 4) is 11.4 Å². The molecule has 0 aliphatic rings. The third kappa shape index (κ3) is 1.31. The van der Waals surface area contributed by atoms with E-state index in [0.29, 0.717) is 5.28 Å². The average molecular weight is 180 g/mol. The van der Waals surface area contributed by atoms with E-state index in [-0.39, 0.29) is 0 Å². The van der Waals surface area contributed by atoms with E-state index in [0.717, 1.165) is 11.4 Å². The fraction of sp³-hybridized carbons (Fsp3) is 0. The Balaban J connectivity index is 2.45. The van der Waals surface area contributed by atoms with Crippen LogP contribution in [0.5, 0.6) is 0 Å². The molecule has 2 aromatic rings. The highest BCUT2D eigenvalue weighted by molar-refractivity contribution is 6.28. The lowest BCUT2D eigenvalue weighted by atomic mass is 10.3. The van der Waals surface area contributed by atoms with Gasteiger partial charge in [-0.25, -0.2) is 4.98 Å². The van der Waals surface area contributed by atoms with Gasteiger partial charge in [-0.3, -0.25) is 4.98 Å². The molecule has 0 unspecified atom stereocenters. The number of nitrogens with one attached hydrogen (secondary N) is 1. The maximum atomic E-state index is 5.62. The summed E-state index contributed by atoms with van der Waals surface area (Å²) in [5.74, 6) is 0. The van der Waals surface area contributed by atoms with E-state index < -0.39 is 0 Å². The van der Waals surface area contributed by atoms with Crippen LogP contribution in [0.4, 0.5) is 0 Å². The van der Waals surface area contributed by atoms with Gasteiger partial charge in [-0.2, -0.15) is 0 Å². The predicted octanol–water partition coefficient (Wildman–Crippen LogP) is 2.13. The minimum Gasteiger partial charge on any atom is -0.327 e. The van der Waals surface area contributed by atoms with Crippen molar-refractivity contribution in [1.29, 1.82) is 0 Å². The molecule has 3 nitrogen and oxygen atoms in total. The molecule has 2 aromatic heterocycles. The maximum absolute atomic E-state index is 5.62. The fourth-order valence-electron chi connectivity index (χ4n) is 0.949. The van der Waals surface area contributed by atoms with Gasteiger partial charge in [0.2, 0.25) is 5.28 Å². The first-order valence-electron chi connectivity index (χ1n) is 3.48. The van der Waals surface area contributed by atoms with Gasteiger partial charge in [0.25, 0.3) is 0 Å². The predicted molar refractivity (Wildman–Crippen MR) is 46.8 cm³/mol. The third-order valence-corrected chi connectivity index (χ3v) is 1.68. The smallest absolute Gasteiger partial charge is 0.200 e. The molecule has 1 N–H and O–H groups in total. The summed E-state index contributed by atoms with van der Waals surface area (Å²) in [6.07, 6.45) is 3.38. The Kier molecular flexibility index (Phi) is 1.80. The highest BCUT2D eigenvalue weighted by atomic mass is 35.5. The van der Waals surface area contributed by atoms with Crippen LogP contribution in [-0.2, 0) is 0 Å². The molecule has 0 radical (unpaired) electrons. The van der Waals surface area contributed by atoms with Gasteiger partial charge in [0.05, 0.1) is 17.6 Å². The van der Waals surface area contributed by atoms with Crippen LogP contribution < -0.4 is 0 Å². The number of hydrogen-bond acceptors (Lipinski definition) is 2. The number of nitrogens with zero attached hydrogens (tertiary/aromatic N) is 2. The van der Waals surface area contributed by atoms with Crippen molar-refractivity contribution in [3.63, 3.8) is 0 Å². The standard InChI is InChI=1S/C8H6ClN3/c9-8-11-5-7(12-8)6-3-1-2-4-10-6/h1-5H,(H,11,12). The summed E-state index contributed by atoms with van der Waals surface area (Å²) in [6, 6.07) is 5.67. The van der Waals surface area contributed by atoms with Crippen LogP contribution in [0.2, 0.25) is 5.28 Å². The summed E-state index contributed by atoms with van der Waals surface area (Å²) in [5.41, 5.74) is 1.68. The largest absolute Gasteiger partial charge is 0.327 e. The van der Waals surface area contributed by atoms with Gasteiger partial charge >= 0.3 is 0 Å². The highest BCUT2D eigenvalue weighted by Gasteiger charge is 2.00. The number of rotatable bonds is 1. The summed E-state index contributed by atoms with van der Waals surface area (Å²) >= 11 is 5.62.